The number of amides is 1. The maximum Gasteiger partial charge on any atom is 0.415 e. The molecular formula is C8H8N2O2. The fourth-order valence-electron chi connectivity index (χ4n) is 1.22. The van der Waals surface area contributed by atoms with Gasteiger partial charge >= 0.3 is 6.09 Å². The number of fused-ring (bicyclic) bond motifs is 1. The Morgan fingerprint density at radius 1 is 1.67 bits per heavy atom. The van der Waals surface area contributed by atoms with E-state index in [0.29, 0.717) is 0 Å². The van der Waals surface area contributed by atoms with Crippen LogP contribution in [0.3, 0.4) is 0 Å². The topological polar surface area (TPSA) is 52.6 Å². The van der Waals surface area contributed by atoms with Crippen LogP contribution in [0.5, 0.6) is 0 Å². The molecule has 0 radical (unpaired) electrons. The van der Waals surface area contributed by atoms with E-state index in [1.165, 1.54) is 6.20 Å². The third-order valence-electron chi connectivity index (χ3n) is 1.83. The zero-order chi connectivity index (χ0) is 8.55. The van der Waals surface area contributed by atoms with Crippen LogP contribution in [0.4, 0.5) is 4.79 Å². The molecule has 0 bridgehead atoms. The molecule has 0 aromatic carbocycles. The van der Waals surface area contributed by atoms with Gasteiger partial charge in [-0.2, -0.15) is 0 Å². The van der Waals surface area contributed by atoms with Crippen molar-refractivity contribution in [3.63, 3.8) is 0 Å². The lowest BCUT2D eigenvalue weighted by Gasteiger charge is -2.15. The first-order chi connectivity index (χ1) is 5.77. The van der Waals surface area contributed by atoms with Gasteiger partial charge in [-0.05, 0) is 11.6 Å². The third-order valence-corrected chi connectivity index (χ3v) is 1.83. The minimum atomic E-state index is -0.966. The summed E-state index contributed by atoms with van der Waals surface area (Å²) in [7, 11) is 0. The lowest BCUT2D eigenvalue weighted by Crippen LogP contribution is -2.22. The number of hydrogen-bond donors (Lipinski definition) is 2. The number of nitrogens with zero attached hydrogens (tertiary/aromatic N) is 1. The number of nitrogens with one attached hydrogen (secondary N) is 1. The summed E-state index contributed by atoms with van der Waals surface area (Å²) < 4.78 is 0. The van der Waals surface area contributed by atoms with Gasteiger partial charge in [-0.25, -0.2) is 4.79 Å². The van der Waals surface area contributed by atoms with Crippen molar-refractivity contribution in [2.24, 2.45) is 0 Å². The van der Waals surface area contributed by atoms with Gasteiger partial charge in [-0.15, -0.1) is 0 Å². The summed E-state index contributed by atoms with van der Waals surface area (Å²) in [4.78, 5) is 11.7. The zero-order valence-corrected chi connectivity index (χ0v) is 6.32. The van der Waals surface area contributed by atoms with Gasteiger partial charge in [0.15, 0.2) is 0 Å². The Kier molecular flexibility index (Phi) is 1.40. The van der Waals surface area contributed by atoms with Gasteiger partial charge in [0.1, 0.15) is 0 Å². The molecule has 2 heterocycles. The van der Waals surface area contributed by atoms with E-state index in [0.717, 1.165) is 22.7 Å². The quantitative estimate of drug-likeness (QED) is 0.558. The van der Waals surface area contributed by atoms with Crippen LogP contribution in [0.2, 0.25) is 0 Å². The molecule has 0 atom stereocenters. The molecular weight excluding hydrogens is 156 g/mol. The number of rotatable bonds is 0. The predicted molar refractivity (Wildman–Crippen MR) is 43.2 cm³/mol. The first-order valence-corrected chi connectivity index (χ1v) is 3.63. The van der Waals surface area contributed by atoms with E-state index in [1.54, 1.807) is 12.3 Å². The Bertz CT molecular complexity index is 315. The van der Waals surface area contributed by atoms with Crippen LogP contribution in [0, 0.1) is 0 Å². The molecule has 12 heavy (non-hydrogen) atoms. The van der Waals surface area contributed by atoms with E-state index in [2.05, 4.69) is 5.32 Å². The molecule has 2 aliphatic rings. The van der Waals surface area contributed by atoms with Crippen molar-refractivity contribution < 1.29 is 9.90 Å². The molecule has 1 amide bonds. The highest BCUT2D eigenvalue weighted by Crippen LogP contribution is 2.19. The molecule has 0 aromatic heterocycles. The van der Waals surface area contributed by atoms with Crippen LogP contribution in [0.15, 0.2) is 35.8 Å². The molecule has 0 aliphatic carbocycles. The van der Waals surface area contributed by atoms with Crippen LogP contribution in [0.25, 0.3) is 0 Å². The van der Waals surface area contributed by atoms with E-state index < -0.39 is 6.09 Å². The van der Waals surface area contributed by atoms with Crippen LogP contribution in [-0.4, -0.2) is 22.6 Å². The van der Waals surface area contributed by atoms with Crippen molar-refractivity contribution in [3.8, 4) is 0 Å². The Labute approximate surface area is 69.5 Å². The van der Waals surface area contributed by atoms with E-state index in [4.69, 9.17) is 5.11 Å². The minimum Gasteiger partial charge on any atom is -0.464 e. The summed E-state index contributed by atoms with van der Waals surface area (Å²) in [5, 5.41) is 11.7. The van der Waals surface area contributed by atoms with E-state index in [-0.39, 0.29) is 0 Å². The second-order valence-corrected chi connectivity index (χ2v) is 2.59. The predicted octanol–water partition coefficient (Wildman–Crippen LogP) is 0.865. The average Bonchev–Trinajstić information content (AvgIpc) is 2.49. The molecule has 4 heteroatoms. The van der Waals surface area contributed by atoms with Gasteiger partial charge in [0.2, 0.25) is 0 Å². The van der Waals surface area contributed by atoms with Gasteiger partial charge in [-0.3, -0.25) is 4.90 Å². The fraction of sp³-hybridized carbons (Fsp3) is 0.125. The normalized spacial score (nSPS) is 19.5. The van der Waals surface area contributed by atoms with E-state index >= 15 is 0 Å². The smallest absolute Gasteiger partial charge is 0.415 e. The van der Waals surface area contributed by atoms with Gasteiger partial charge in [0.25, 0.3) is 0 Å². The summed E-state index contributed by atoms with van der Waals surface area (Å²) in [5.41, 5.74) is 1.94. The number of carboxylic acid groups (broad SMARTS) is 1. The van der Waals surface area contributed by atoms with Gasteiger partial charge in [-0.1, -0.05) is 6.08 Å². The molecule has 0 aromatic rings. The number of allylic oxidation sites excluding steroid dienone is 1. The van der Waals surface area contributed by atoms with Crippen LogP contribution in [-0.2, 0) is 0 Å². The van der Waals surface area contributed by atoms with Crippen molar-refractivity contribution in [2.45, 2.75) is 0 Å². The Morgan fingerprint density at radius 3 is 3.25 bits per heavy atom. The molecule has 0 fully saturated rings. The Morgan fingerprint density at radius 2 is 2.50 bits per heavy atom. The number of hydrogen-bond acceptors (Lipinski definition) is 2. The Balaban J connectivity index is 2.28. The van der Waals surface area contributed by atoms with Gasteiger partial charge < -0.3 is 10.4 Å². The van der Waals surface area contributed by atoms with Crippen molar-refractivity contribution in [1.29, 1.82) is 0 Å². The Hall–Kier alpha value is -1.71. The van der Waals surface area contributed by atoms with Gasteiger partial charge in [0.05, 0.1) is 5.70 Å². The SMILES string of the molecule is O=C(O)N1C=CC2=CCNC2=C1. The summed E-state index contributed by atoms with van der Waals surface area (Å²) in [6, 6.07) is 0. The maximum absolute atomic E-state index is 10.5. The molecule has 0 saturated heterocycles. The molecule has 62 valence electrons. The van der Waals surface area contributed by atoms with Crippen LogP contribution < -0.4 is 5.32 Å². The van der Waals surface area contributed by atoms with Crippen molar-refractivity contribution in [3.05, 3.63) is 35.8 Å². The van der Waals surface area contributed by atoms with Crippen molar-refractivity contribution in [1.82, 2.24) is 10.2 Å². The van der Waals surface area contributed by atoms with Crippen LogP contribution in [0.1, 0.15) is 0 Å². The standard InChI is InChI=1S/C8H8N2O2/c11-8(12)10-4-2-6-1-3-9-7(6)5-10/h1-2,4-5,9H,3H2,(H,11,12). The van der Waals surface area contributed by atoms with Crippen LogP contribution >= 0.6 is 0 Å². The molecule has 2 aliphatic heterocycles. The van der Waals surface area contributed by atoms with E-state index in [1.807, 2.05) is 6.08 Å². The summed E-state index contributed by atoms with van der Waals surface area (Å²) in [5.74, 6) is 0. The largest absolute Gasteiger partial charge is 0.464 e. The zero-order valence-electron chi connectivity index (χ0n) is 6.32. The average molecular weight is 164 g/mol. The number of carbonyl (C=O) groups is 1. The first-order valence-electron chi connectivity index (χ1n) is 3.63. The lowest BCUT2D eigenvalue weighted by molar-refractivity contribution is 0.175. The summed E-state index contributed by atoms with van der Waals surface area (Å²) in [6.45, 7) is 0.777. The highest BCUT2D eigenvalue weighted by atomic mass is 16.4. The van der Waals surface area contributed by atoms with Crippen molar-refractivity contribution in [2.75, 3.05) is 6.54 Å². The molecule has 0 saturated carbocycles. The molecule has 4 nitrogen and oxygen atoms in total. The lowest BCUT2D eigenvalue weighted by atomic mass is 10.2. The van der Waals surface area contributed by atoms with E-state index in [9.17, 15) is 4.79 Å². The maximum atomic E-state index is 10.5. The highest BCUT2D eigenvalue weighted by molar-refractivity contribution is 5.69. The second-order valence-electron chi connectivity index (χ2n) is 2.59. The van der Waals surface area contributed by atoms with Gasteiger partial charge in [0, 0.05) is 18.9 Å². The fourth-order valence-corrected chi connectivity index (χ4v) is 1.22. The van der Waals surface area contributed by atoms with Crippen molar-refractivity contribution >= 4 is 6.09 Å². The molecule has 0 spiro atoms. The first kappa shape index (κ1) is 6.97. The minimum absolute atomic E-state index is 0.777. The second kappa shape index (κ2) is 2.41. The molecule has 2 N–H and O–H groups in total. The summed E-state index contributed by atoms with van der Waals surface area (Å²) in [6.07, 6.45) is 5.93. The molecule has 2 rings (SSSR count). The molecule has 0 unspecified atom stereocenters. The monoisotopic (exact) mass is 164 g/mol. The summed E-state index contributed by atoms with van der Waals surface area (Å²) >= 11 is 0. The highest BCUT2D eigenvalue weighted by Gasteiger charge is 2.16. The third kappa shape index (κ3) is 0.972.